The third-order valence-corrected chi connectivity index (χ3v) is 12.7. The third-order valence-electron chi connectivity index (χ3n) is 12.7. The van der Waals surface area contributed by atoms with Crippen molar-refractivity contribution >= 4 is 40.7 Å². The molecule has 3 amide bonds. The predicted molar refractivity (Wildman–Crippen MR) is 222 cm³/mol. The number of hydrogen-bond acceptors (Lipinski definition) is 10. The van der Waals surface area contributed by atoms with E-state index in [4.69, 9.17) is 9.72 Å². The molecule has 308 valence electrons. The standard InChI is InChI=1S/C44H51N9O6/c1-7-37(55)47-32-17-26(8-11-30(32)36-21-52(28-23-59-24-28)44(4,5)42(58)53(36)27-9-10-27)46-38-41(57)49(6)20-33(48-38)29-12-13-45-39(31(29)22-54)51-15-14-50-34(40(51)56)16-25-18-43(2,3)19-35(25)50/h7-8,11-13,16-17,20,27-28,36,54H,1,9-10,14-15,18-19,21-24H2,2-6H3,(H,46,48)(H,47,55)/t36-/m0/s1. The summed E-state index contributed by atoms with van der Waals surface area (Å²) in [5.74, 6) is -0.186. The van der Waals surface area contributed by atoms with Gasteiger partial charge in [0, 0.05) is 73.3 Å². The van der Waals surface area contributed by atoms with Crippen LogP contribution in [0.4, 0.5) is 23.0 Å². The van der Waals surface area contributed by atoms with Gasteiger partial charge in [-0.1, -0.05) is 26.5 Å². The second-order valence-corrected chi connectivity index (χ2v) is 17.8. The number of piperazine rings is 1. The van der Waals surface area contributed by atoms with Gasteiger partial charge < -0.3 is 34.5 Å². The SMILES string of the molecule is C=CC(=O)Nc1cc(Nc2nc(-c3ccnc(N4CCn5c(cc6c5CC(C)(C)C6)C4=O)c3CO)cn(C)c2=O)ccc1[C@@H]1CN(C2COC2)C(C)(C)C(=O)N1C1CC1. The molecule has 2 saturated heterocycles. The molecule has 15 nitrogen and oxygen atoms in total. The van der Waals surface area contributed by atoms with Gasteiger partial charge in [-0.2, -0.15) is 0 Å². The van der Waals surface area contributed by atoms with Gasteiger partial charge in [0.1, 0.15) is 11.5 Å². The number of benzene rings is 1. The number of carbonyl (C=O) groups is 3. The summed E-state index contributed by atoms with van der Waals surface area (Å²) in [7, 11) is 1.62. The van der Waals surface area contributed by atoms with Gasteiger partial charge in [-0.3, -0.25) is 29.0 Å². The fourth-order valence-electron chi connectivity index (χ4n) is 9.51. The van der Waals surface area contributed by atoms with Crippen molar-refractivity contribution in [3.63, 3.8) is 0 Å². The Morgan fingerprint density at radius 2 is 1.83 bits per heavy atom. The maximum absolute atomic E-state index is 14.2. The fraction of sp³-hybridized carbons (Fsp3) is 0.455. The number of rotatable bonds is 10. The lowest BCUT2D eigenvalue weighted by Crippen LogP contribution is -2.69. The Morgan fingerprint density at radius 3 is 2.53 bits per heavy atom. The van der Waals surface area contributed by atoms with Gasteiger partial charge in [0.15, 0.2) is 5.82 Å². The quantitative estimate of drug-likeness (QED) is 0.197. The maximum atomic E-state index is 14.2. The lowest BCUT2D eigenvalue weighted by atomic mass is 9.88. The van der Waals surface area contributed by atoms with Crippen molar-refractivity contribution in [2.45, 2.75) is 90.2 Å². The number of fused-ring (bicyclic) bond motifs is 3. The Morgan fingerprint density at radius 1 is 1.05 bits per heavy atom. The highest BCUT2D eigenvalue weighted by molar-refractivity contribution is 6.06. The van der Waals surface area contributed by atoms with Crippen molar-refractivity contribution in [1.82, 2.24) is 28.9 Å². The summed E-state index contributed by atoms with van der Waals surface area (Å²) < 4.78 is 9.07. The fourth-order valence-corrected chi connectivity index (χ4v) is 9.51. The lowest BCUT2D eigenvalue weighted by molar-refractivity contribution is -0.171. The molecule has 0 radical (unpaired) electrons. The Labute approximate surface area is 342 Å². The molecule has 4 aromatic rings. The Hall–Kier alpha value is -5.64. The normalized spacial score (nSPS) is 21.2. The number of nitrogens with zero attached hydrogens (tertiary/aromatic N) is 7. The van der Waals surface area contributed by atoms with Gasteiger partial charge in [-0.25, -0.2) is 9.97 Å². The van der Waals surface area contributed by atoms with Gasteiger partial charge in [0.25, 0.3) is 11.5 Å². The van der Waals surface area contributed by atoms with Crippen LogP contribution in [0.2, 0.25) is 0 Å². The lowest BCUT2D eigenvalue weighted by Gasteiger charge is -2.54. The number of anilines is 4. The van der Waals surface area contributed by atoms with E-state index in [0.717, 1.165) is 31.2 Å². The minimum absolute atomic E-state index is 0.00988. The van der Waals surface area contributed by atoms with Crippen molar-refractivity contribution in [2.24, 2.45) is 12.5 Å². The molecular weight excluding hydrogens is 751 g/mol. The highest BCUT2D eigenvalue weighted by Crippen LogP contribution is 2.45. The average Bonchev–Trinajstić information content (AvgIpc) is 3.89. The zero-order valence-corrected chi connectivity index (χ0v) is 34.2. The van der Waals surface area contributed by atoms with Crippen LogP contribution in [0.25, 0.3) is 11.3 Å². The van der Waals surface area contributed by atoms with Gasteiger partial charge in [0.05, 0.1) is 43.1 Å². The first-order valence-corrected chi connectivity index (χ1v) is 20.4. The van der Waals surface area contributed by atoms with Crippen molar-refractivity contribution in [2.75, 3.05) is 41.8 Å². The molecular formula is C44H51N9O6. The van der Waals surface area contributed by atoms with E-state index in [-0.39, 0.29) is 41.2 Å². The summed E-state index contributed by atoms with van der Waals surface area (Å²) in [5.41, 5.74) is 5.16. The number of nitrogens with one attached hydrogen (secondary N) is 2. The molecule has 0 spiro atoms. The van der Waals surface area contributed by atoms with E-state index in [2.05, 4.69) is 45.5 Å². The predicted octanol–water partition coefficient (Wildman–Crippen LogP) is 4.31. The van der Waals surface area contributed by atoms with Crippen molar-refractivity contribution < 1.29 is 24.2 Å². The molecule has 1 saturated carbocycles. The molecule has 6 heterocycles. The summed E-state index contributed by atoms with van der Waals surface area (Å²) >= 11 is 0. The van der Waals surface area contributed by atoms with Crippen molar-refractivity contribution in [3.05, 3.63) is 93.8 Å². The number of aromatic nitrogens is 4. The molecule has 1 aromatic carbocycles. The van der Waals surface area contributed by atoms with Crippen LogP contribution in [0, 0.1) is 5.41 Å². The Kier molecular flexibility index (Phi) is 9.40. The monoisotopic (exact) mass is 801 g/mol. The van der Waals surface area contributed by atoms with E-state index in [0.29, 0.717) is 72.6 Å². The number of aliphatic hydroxyl groups is 1. The van der Waals surface area contributed by atoms with Crippen LogP contribution in [0.15, 0.2) is 60.2 Å². The van der Waals surface area contributed by atoms with Crippen LogP contribution in [-0.4, -0.2) is 95.7 Å². The zero-order valence-electron chi connectivity index (χ0n) is 34.2. The van der Waals surface area contributed by atoms with Crippen LogP contribution in [-0.2, 0) is 47.4 Å². The summed E-state index contributed by atoms with van der Waals surface area (Å²) in [4.78, 5) is 69.9. The summed E-state index contributed by atoms with van der Waals surface area (Å²) in [6.07, 6.45) is 8.05. The minimum Gasteiger partial charge on any atom is -0.392 e. The molecule has 3 N–H and O–H groups in total. The first kappa shape index (κ1) is 38.9. The molecule has 3 aliphatic heterocycles. The molecule has 9 rings (SSSR count). The molecule has 2 aliphatic carbocycles. The largest absolute Gasteiger partial charge is 0.392 e. The molecule has 0 bridgehead atoms. The Bertz CT molecular complexity index is 2480. The van der Waals surface area contributed by atoms with E-state index >= 15 is 0 Å². The second-order valence-electron chi connectivity index (χ2n) is 17.8. The van der Waals surface area contributed by atoms with E-state index in [1.807, 2.05) is 36.9 Å². The number of carbonyl (C=O) groups excluding carboxylic acids is 3. The van der Waals surface area contributed by atoms with Crippen LogP contribution >= 0.6 is 0 Å². The van der Waals surface area contributed by atoms with Crippen molar-refractivity contribution in [1.29, 1.82) is 0 Å². The molecule has 59 heavy (non-hydrogen) atoms. The van der Waals surface area contributed by atoms with E-state index in [1.54, 1.807) is 36.5 Å². The van der Waals surface area contributed by atoms with Crippen LogP contribution in [0.5, 0.6) is 0 Å². The summed E-state index contributed by atoms with van der Waals surface area (Å²) in [5, 5.41) is 16.9. The number of aryl methyl sites for hydroxylation is 1. The average molecular weight is 802 g/mol. The number of pyridine rings is 1. The minimum atomic E-state index is -0.713. The zero-order chi connectivity index (χ0) is 41.5. The summed E-state index contributed by atoms with van der Waals surface area (Å²) in [6.45, 7) is 14.4. The van der Waals surface area contributed by atoms with Gasteiger partial charge >= 0.3 is 0 Å². The molecule has 0 unspecified atom stereocenters. The van der Waals surface area contributed by atoms with Crippen LogP contribution in [0.3, 0.4) is 0 Å². The molecule has 15 heteroatoms. The summed E-state index contributed by atoms with van der Waals surface area (Å²) in [6, 6.07) is 9.06. The first-order valence-electron chi connectivity index (χ1n) is 20.4. The van der Waals surface area contributed by atoms with Gasteiger partial charge in [-0.05, 0) is 86.4 Å². The van der Waals surface area contributed by atoms with Crippen LogP contribution < -0.4 is 21.1 Å². The molecule has 3 fully saturated rings. The number of hydrogen-bond donors (Lipinski definition) is 3. The molecule has 3 aromatic heterocycles. The first-order chi connectivity index (χ1) is 28.2. The topological polar surface area (TPSA) is 167 Å². The number of amides is 3. The highest BCUT2D eigenvalue weighted by atomic mass is 16.5. The molecule has 1 atom stereocenters. The van der Waals surface area contributed by atoms with E-state index in [9.17, 15) is 24.3 Å². The smallest absolute Gasteiger partial charge is 0.293 e. The van der Waals surface area contributed by atoms with Crippen LogP contribution in [0.1, 0.15) is 79.5 Å². The third kappa shape index (κ3) is 6.65. The second kappa shape index (κ2) is 14.3. The maximum Gasteiger partial charge on any atom is 0.293 e. The molecule has 5 aliphatic rings. The van der Waals surface area contributed by atoms with Crippen molar-refractivity contribution in [3.8, 4) is 11.3 Å². The number of aliphatic hydroxyl groups excluding tert-OH is 1. The van der Waals surface area contributed by atoms with Gasteiger partial charge in [-0.15, -0.1) is 0 Å². The van der Waals surface area contributed by atoms with Gasteiger partial charge in [0.2, 0.25) is 11.8 Å². The van der Waals surface area contributed by atoms with E-state index in [1.165, 1.54) is 21.9 Å². The highest BCUT2D eigenvalue weighted by Gasteiger charge is 2.54. The Balaban J connectivity index is 1.04. The number of ether oxygens (including phenoxy) is 1. The van der Waals surface area contributed by atoms with E-state index < -0.39 is 23.6 Å².